The minimum atomic E-state index is -0.272. The Morgan fingerprint density at radius 3 is 2.32 bits per heavy atom. The molecule has 3 nitrogen and oxygen atoms in total. The standard InChI is InChI=1S/C16H21NO2/c1-13(18)12-15(19)17-16(10-6-3-7-11-16)14-8-4-2-5-9-14/h2,4-5,8-9H,3,6-7,10-12H2,1H3,(H,17,19). The predicted octanol–water partition coefficient (Wildman–Crippen LogP) is 2.94. The summed E-state index contributed by atoms with van der Waals surface area (Å²) in [6.07, 6.45) is 5.36. The van der Waals surface area contributed by atoms with Gasteiger partial charge >= 0.3 is 0 Å². The van der Waals surface area contributed by atoms with Crippen molar-refractivity contribution in [2.45, 2.75) is 51.0 Å². The normalized spacial score (nSPS) is 17.7. The van der Waals surface area contributed by atoms with E-state index in [9.17, 15) is 9.59 Å². The lowest BCUT2D eigenvalue weighted by Gasteiger charge is -2.38. The molecule has 19 heavy (non-hydrogen) atoms. The van der Waals surface area contributed by atoms with E-state index < -0.39 is 0 Å². The fraction of sp³-hybridized carbons (Fsp3) is 0.500. The van der Waals surface area contributed by atoms with E-state index in [1.54, 1.807) is 0 Å². The Morgan fingerprint density at radius 2 is 1.74 bits per heavy atom. The SMILES string of the molecule is CC(=O)CC(=O)NC1(c2ccccc2)CCCCC1. The number of rotatable bonds is 4. The molecule has 1 aliphatic carbocycles. The lowest BCUT2D eigenvalue weighted by atomic mass is 9.76. The highest BCUT2D eigenvalue weighted by molar-refractivity contribution is 5.97. The summed E-state index contributed by atoms with van der Waals surface area (Å²) in [6.45, 7) is 1.45. The van der Waals surface area contributed by atoms with Crippen LogP contribution in [0.15, 0.2) is 30.3 Å². The van der Waals surface area contributed by atoms with Crippen molar-refractivity contribution < 1.29 is 9.59 Å². The molecule has 0 atom stereocenters. The molecule has 1 aromatic carbocycles. The first kappa shape index (κ1) is 13.8. The summed E-state index contributed by atoms with van der Waals surface area (Å²) in [6, 6.07) is 10.1. The Labute approximate surface area is 114 Å². The third-order valence-corrected chi connectivity index (χ3v) is 3.82. The Kier molecular flexibility index (Phi) is 4.35. The molecule has 0 bridgehead atoms. The van der Waals surface area contributed by atoms with Crippen LogP contribution in [-0.2, 0) is 15.1 Å². The predicted molar refractivity (Wildman–Crippen MR) is 74.6 cm³/mol. The molecule has 0 aliphatic heterocycles. The van der Waals surface area contributed by atoms with E-state index in [4.69, 9.17) is 0 Å². The van der Waals surface area contributed by atoms with Gasteiger partial charge in [-0.25, -0.2) is 0 Å². The number of carbonyl (C=O) groups excluding carboxylic acids is 2. The van der Waals surface area contributed by atoms with E-state index in [1.165, 1.54) is 13.3 Å². The third kappa shape index (κ3) is 3.43. The van der Waals surface area contributed by atoms with Crippen molar-refractivity contribution in [2.24, 2.45) is 0 Å². The Bertz CT molecular complexity index is 447. The van der Waals surface area contributed by atoms with Crippen LogP contribution < -0.4 is 5.32 Å². The molecule has 1 amide bonds. The van der Waals surface area contributed by atoms with E-state index in [1.807, 2.05) is 18.2 Å². The minimum Gasteiger partial charge on any atom is -0.346 e. The number of amides is 1. The molecule has 1 aliphatic rings. The van der Waals surface area contributed by atoms with E-state index in [-0.39, 0.29) is 23.7 Å². The molecular weight excluding hydrogens is 238 g/mol. The average Bonchev–Trinajstić information content (AvgIpc) is 2.40. The molecule has 1 aromatic rings. The lowest BCUT2D eigenvalue weighted by Crippen LogP contribution is -2.47. The summed E-state index contributed by atoms with van der Waals surface area (Å²) < 4.78 is 0. The number of carbonyl (C=O) groups is 2. The topological polar surface area (TPSA) is 46.2 Å². The highest BCUT2D eigenvalue weighted by Crippen LogP contribution is 2.37. The van der Waals surface area contributed by atoms with Crippen LogP contribution in [0.2, 0.25) is 0 Å². The molecule has 1 fully saturated rings. The number of hydrogen-bond acceptors (Lipinski definition) is 2. The molecular formula is C16H21NO2. The number of Topliss-reactive ketones (excluding diaryl/α,β-unsaturated/α-hetero) is 1. The summed E-state index contributed by atoms with van der Waals surface area (Å²) in [5.41, 5.74) is 0.887. The van der Waals surface area contributed by atoms with Crippen LogP contribution in [0.4, 0.5) is 0 Å². The lowest BCUT2D eigenvalue weighted by molar-refractivity contribution is -0.128. The summed E-state index contributed by atoms with van der Waals surface area (Å²) in [5.74, 6) is -0.241. The number of nitrogens with one attached hydrogen (secondary N) is 1. The zero-order valence-corrected chi connectivity index (χ0v) is 11.4. The van der Waals surface area contributed by atoms with Crippen LogP contribution in [0, 0.1) is 0 Å². The van der Waals surface area contributed by atoms with E-state index in [0.717, 1.165) is 31.2 Å². The smallest absolute Gasteiger partial charge is 0.228 e. The fourth-order valence-electron chi connectivity index (χ4n) is 2.94. The van der Waals surface area contributed by atoms with Crippen molar-refractivity contribution >= 4 is 11.7 Å². The molecule has 1 N–H and O–H groups in total. The first-order valence-electron chi connectivity index (χ1n) is 6.98. The van der Waals surface area contributed by atoms with Gasteiger partial charge in [-0.1, -0.05) is 49.6 Å². The second-order valence-corrected chi connectivity index (χ2v) is 5.44. The molecule has 0 spiro atoms. The molecule has 0 radical (unpaired) electrons. The quantitative estimate of drug-likeness (QED) is 0.845. The van der Waals surface area contributed by atoms with Gasteiger partial charge in [0.1, 0.15) is 5.78 Å². The minimum absolute atomic E-state index is 0.0193. The second-order valence-electron chi connectivity index (χ2n) is 5.44. The van der Waals surface area contributed by atoms with Gasteiger partial charge in [-0.05, 0) is 25.3 Å². The largest absolute Gasteiger partial charge is 0.346 e. The fourth-order valence-corrected chi connectivity index (χ4v) is 2.94. The van der Waals surface area contributed by atoms with Gasteiger partial charge in [0.2, 0.25) is 5.91 Å². The van der Waals surface area contributed by atoms with Gasteiger partial charge < -0.3 is 5.32 Å². The molecule has 0 aromatic heterocycles. The first-order valence-corrected chi connectivity index (χ1v) is 6.98. The van der Waals surface area contributed by atoms with Crippen LogP contribution in [0.5, 0.6) is 0 Å². The average molecular weight is 259 g/mol. The third-order valence-electron chi connectivity index (χ3n) is 3.82. The van der Waals surface area contributed by atoms with Gasteiger partial charge in [0.05, 0.1) is 12.0 Å². The van der Waals surface area contributed by atoms with Crippen molar-refractivity contribution in [1.82, 2.24) is 5.32 Å². The van der Waals surface area contributed by atoms with Crippen LogP contribution in [0.25, 0.3) is 0 Å². The summed E-state index contributed by atoms with van der Waals surface area (Å²) in [4.78, 5) is 23.0. The van der Waals surface area contributed by atoms with E-state index in [2.05, 4.69) is 17.4 Å². The maximum atomic E-state index is 12.0. The molecule has 2 rings (SSSR count). The maximum Gasteiger partial charge on any atom is 0.228 e. The van der Waals surface area contributed by atoms with Gasteiger partial charge in [-0.2, -0.15) is 0 Å². The summed E-state index contributed by atoms with van der Waals surface area (Å²) in [5, 5.41) is 3.12. The van der Waals surface area contributed by atoms with Crippen molar-refractivity contribution in [3.05, 3.63) is 35.9 Å². The molecule has 0 saturated heterocycles. The summed E-state index contributed by atoms with van der Waals surface area (Å²) >= 11 is 0. The van der Waals surface area contributed by atoms with Crippen LogP contribution in [-0.4, -0.2) is 11.7 Å². The zero-order chi connectivity index (χ0) is 13.7. The zero-order valence-electron chi connectivity index (χ0n) is 11.4. The van der Waals surface area contributed by atoms with Crippen molar-refractivity contribution in [1.29, 1.82) is 0 Å². The maximum absolute atomic E-state index is 12.0. The monoisotopic (exact) mass is 259 g/mol. The number of hydrogen-bond donors (Lipinski definition) is 1. The Balaban J connectivity index is 2.20. The van der Waals surface area contributed by atoms with Gasteiger partial charge in [-0.3, -0.25) is 9.59 Å². The highest BCUT2D eigenvalue weighted by atomic mass is 16.2. The van der Waals surface area contributed by atoms with E-state index >= 15 is 0 Å². The van der Waals surface area contributed by atoms with Crippen LogP contribution in [0.3, 0.4) is 0 Å². The van der Waals surface area contributed by atoms with Crippen LogP contribution in [0.1, 0.15) is 51.0 Å². The van der Waals surface area contributed by atoms with Gasteiger partial charge in [-0.15, -0.1) is 0 Å². The molecule has 102 valence electrons. The van der Waals surface area contributed by atoms with Crippen molar-refractivity contribution in [3.63, 3.8) is 0 Å². The molecule has 3 heteroatoms. The number of ketones is 1. The molecule has 1 saturated carbocycles. The van der Waals surface area contributed by atoms with Crippen molar-refractivity contribution in [3.8, 4) is 0 Å². The van der Waals surface area contributed by atoms with Crippen LogP contribution >= 0.6 is 0 Å². The van der Waals surface area contributed by atoms with Gasteiger partial charge in [0, 0.05) is 0 Å². The number of benzene rings is 1. The van der Waals surface area contributed by atoms with Gasteiger partial charge in [0.15, 0.2) is 0 Å². The molecule has 0 unspecified atom stereocenters. The Morgan fingerprint density at radius 1 is 1.11 bits per heavy atom. The summed E-state index contributed by atoms with van der Waals surface area (Å²) in [7, 11) is 0. The highest BCUT2D eigenvalue weighted by Gasteiger charge is 2.35. The molecule has 0 heterocycles. The van der Waals surface area contributed by atoms with Crippen molar-refractivity contribution in [2.75, 3.05) is 0 Å². The van der Waals surface area contributed by atoms with Gasteiger partial charge in [0.25, 0.3) is 0 Å². The Hall–Kier alpha value is -1.64. The van der Waals surface area contributed by atoms with E-state index in [0.29, 0.717) is 0 Å². The first-order chi connectivity index (χ1) is 9.12. The second kappa shape index (κ2) is 6.00.